The van der Waals surface area contributed by atoms with Crippen molar-refractivity contribution >= 4 is 62.3 Å². The molecule has 0 bridgehead atoms. The first-order chi connectivity index (χ1) is 21.9. The van der Waals surface area contributed by atoms with Gasteiger partial charge in [0.2, 0.25) is 11.8 Å². The van der Waals surface area contributed by atoms with Gasteiger partial charge in [-0.15, -0.1) is 0 Å². The highest BCUT2D eigenvalue weighted by atomic mass is 35.5. The van der Waals surface area contributed by atoms with E-state index in [2.05, 4.69) is 5.32 Å². The zero-order valence-electron chi connectivity index (χ0n) is 25.8. The Balaban J connectivity index is 1.85. The molecular weight excluding hydrogens is 665 g/mol. The van der Waals surface area contributed by atoms with E-state index in [1.165, 1.54) is 23.1 Å². The number of anilines is 1. The second-order valence-electron chi connectivity index (χ2n) is 11.0. The van der Waals surface area contributed by atoms with Crippen LogP contribution < -0.4 is 9.62 Å². The second-order valence-corrected chi connectivity index (χ2v) is 14.2. The van der Waals surface area contributed by atoms with Crippen LogP contribution in [0.15, 0.2) is 102 Å². The van der Waals surface area contributed by atoms with Crippen molar-refractivity contribution < 1.29 is 18.0 Å². The lowest BCUT2D eigenvalue weighted by molar-refractivity contribution is -0.140. The number of carbonyl (C=O) groups is 2. The lowest BCUT2D eigenvalue weighted by Gasteiger charge is -2.34. The van der Waals surface area contributed by atoms with Crippen LogP contribution in [0.1, 0.15) is 37.0 Å². The number of hydrogen-bond acceptors (Lipinski definition) is 4. The van der Waals surface area contributed by atoms with Gasteiger partial charge in [0.25, 0.3) is 10.0 Å². The SMILES string of the molecule is CC[C@@H](C)NC(=O)[C@H](Cc1ccccc1)N(Cc1ccc(Cl)c(Cl)c1)C(=O)CN(c1cc(Cl)ccc1C)S(=O)(=O)c1ccccc1. The van der Waals surface area contributed by atoms with Crippen LogP contribution in [0.25, 0.3) is 0 Å². The zero-order valence-corrected chi connectivity index (χ0v) is 28.9. The van der Waals surface area contributed by atoms with Crippen molar-refractivity contribution in [1.29, 1.82) is 0 Å². The Kier molecular flexibility index (Phi) is 12.1. The smallest absolute Gasteiger partial charge is 0.264 e. The van der Waals surface area contributed by atoms with E-state index in [9.17, 15) is 18.0 Å². The lowest BCUT2D eigenvalue weighted by atomic mass is 10.0. The molecule has 0 fully saturated rings. The van der Waals surface area contributed by atoms with Crippen molar-refractivity contribution in [3.05, 3.63) is 129 Å². The maximum absolute atomic E-state index is 14.6. The summed E-state index contributed by atoms with van der Waals surface area (Å²) in [6.45, 7) is 4.96. The molecule has 0 spiro atoms. The summed E-state index contributed by atoms with van der Waals surface area (Å²) in [4.78, 5) is 30.0. The first-order valence-electron chi connectivity index (χ1n) is 14.8. The van der Waals surface area contributed by atoms with Crippen LogP contribution in [0.3, 0.4) is 0 Å². The number of amides is 2. The van der Waals surface area contributed by atoms with E-state index in [0.717, 1.165) is 9.87 Å². The normalized spacial score (nSPS) is 12.7. The molecule has 4 aromatic rings. The summed E-state index contributed by atoms with van der Waals surface area (Å²) in [6.07, 6.45) is 0.874. The fraction of sp³-hybridized carbons (Fsp3) is 0.257. The van der Waals surface area contributed by atoms with E-state index in [1.807, 2.05) is 44.2 Å². The van der Waals surface area contributed by atoms with E-state index < -0.39 is 28.5 Å². The Morgan fingerprint density at radius 1 is 0.826 bits per heavy atom. The van der Waals surface area contributed by atoms with Crippen molar-refractivity contribution in [3.63, 3.8) is 0 Å². The highest BCUT2D eigenvalue weighted by Crippen LogP contribution is 2.30. The Morgan fingerprint density at radius 2 is 1.48 bits per heavy atom. The summed E-state index contributed by atoms with van der Waals surface area (Å²) in [5, 5.41) is 3.96. The van der Waals surface area contributed by atoms with Gasteiger partial charge in [0.15, 0.2) is 0 Å². The number of nitrogens with one attached hydrogen (secondary N) is 1. The molecule has 2 atom stereocenters. The van der Waals surface area contributed by atoms with E-state index in [0.29, 0.717) is 27.6 Å². The molecule has 0 saturated carbocycles. The summed E-state index contributed by atoms with van der Waals surface area (Å²) in [7, 11) is -4.25. The minimum atomic E-state index is -4.25. The van der Waals surface area contributed by atoms with Crippen LogP contribution in [-0.4, -0.2) is 43.8 Å². The van der Waals surface area contributed by atoms with Crippen molar-refractivity contribution in [2.24, 2.45) is 0 Å². The van der Waals surface area contributed by atoms with Gasteiger partial charge in [-0.05, 0) is 73.4 Å². The lowest BCUT2D eigenvalue weighted by Crippen LogP contribution is -2.54. The molecule has 0 aliphatic heterocycles. The molecule has 0 aliphatic rings. The zero-order chi connectivity index (χ0) is 33.4. The van der Waals surface area contributed by atoms with Crippen LogP contribution in [0.4, 0.5) is 5.69 Å². The molecule has 242 valence electrons. The third-order valence-electron chi connectivity index (χ3n) is 7.66. The van der Waals surface area contributed by atoms with Crippen LogP contribution in [0, 0.1) is 6.92 Å². The largest absolute Gasteiger partial charge is 0.352 e. The topological polar surface area (TPSA) is 86.8 Å². The molecule has 11 heteroatoms. The first-order valence-corrected chi connectivity index (χ1v) is 17.4. The molecule has 0 aromatic heterocycles. The van der Waals surface area contributed by atoms with Crippen molar-refractivity contribution in [2.75, 3.05) is 10.8 Å². The summed E-state index contributed by atoms with van der Waals surface area (Å²) < 4.78 is 29.4. The van der Waals surface area contributed by atoms with Crippen LogP contribution in [0.2, 0.25) is 15.1 Å². The predicted molar refractivity (Wildman–Crippen MR) is 186 cm³/mol. The standard InChI is InChI=1S/C35H36Cl3N3O4S/c1-4-25(3)39-35(43)33(20-26-11-7-5-8-12-26)40(22-27-16-18-30(37)31(38)19-27)34(42)23-41(32-21-28(36)17-15-24(32)2)46(44,45)29-13-9-6-10-14-29/h5-19,21,25,33H,4,20,22-23H2,1-3H3,(H,39,43)/t25-,33+/m1/s1. The van der Waals surface area contributed by atoms with Crippen molar-refractivity contribution in [2.45, 2.75) is 57.1 Å². The summed E-state index contributed by atoms with van der Waals surface area (Å²) >= 11 is 18.9. The van der Waals surface area contributed by atoms with Gasteiger partial charge in [0, 0.05) is 24.0 Å². The monoisotopic (exact) mass is 699 g/mol. The first kappa shape index (κ1) is 35.3. The van der Waals surface area contributed by atoms with E-state index >= 15 is 0 Å². The minimum Gasteiger partial charge on any atom is -0.352 e. The fourth-order valence-corrected chi connectivity index (χ4v) is 6.89. The number of rotatable bonds is 13. The van der Waals surface area contributed by atoms with Gasteiger partial charge >= 0.3 is 0 Å². The molecule has 7 nitrogen and oxygen atoms in total. The Labute approximate surface area is 286 Å². The van der Waals surface area contributed by atoms with Gasteiger partial charge in [0.05, 0.1) is 20.6 Å². The van der Waals surface area contributed by atoms with E-state index in [-0.39, 0.29) is 40.5 Å². The molecule has 0 radical (unpaired) electrons. The molecule has 46 heavy (non-hydrogen) atoms. The van der Waals surface area contributed by atoms with E-state index in [1.54, 1.807) is 55.5 Å². The quantitative estimate of drug-likeness (QED) is 0.155. The fourth-order valence-electron chi connectivity index (χ4n) is 4.91. The summed E-state index contributed by atoms with van der Waals surface area (Å²) in [6, 6.07) is 25.9. The molecule has 0 unspecified atom stereocenters. The Hall–Kier alpha value is -3.56. The van der Waals surface area contributed by atoms with Gasteiger partial charge in [-0.1, -0.05) is 102 Å². The maximum atomic E-state index is 14.6. The molecule has 4 rings (SSSR count). The van der Waals surface area contributed by atoms with Crippen LogP contribution in [0.5, 0.6) is 0 Å². The number of benzene rings is 4. The minimum absolute atomic E-state index is 0.00792. The van der Waals surface area contributed by atoms with Gasteiger partial charge in [-0.2, -0.15) is 0 Å². The van der Waals surface area contributed by atoms with Gasteiger partial charge in [-0.3, -0.25) is 13.9 Å². The number of halogens is 3. The Bertz CT molecular complexity index is 1770. The highest BCUT2D eigenvalue weighted by molar-refractivity contribution is 7.92. The highest BCUT2D eigenvalue weighted by Gasteiger charge is 2.35. The number of sulfonamides is 1. The third kappa shape index (κ3) is 8.82. The number of aryl methyl sites for hydroxylation is 1. The van der Waals surface area contributed by atoms with E-state index in [4.69, 9.17) is 34.8 Å². The van der Waals surface area contributed by atoms with Gasteiger partial charge < -0.3 is 10.2 Å². The summed E-state index contributed by atoms with van der Waals surface area (Å²) in [5.41, 5.74) is 2.30. The maximum Gasteiger partial charge on any atom is 0.264 e. The molecule has 4 aromatic carbocycles. The number of nitrogens with zero attached hydrogens (tertiary/aromatic N) is 2. The van der Waals surface area contributed by atoms with Crippen LogP contribution in [-0.2, 0) is 32.6 Å². The molecule has 0 aliphatic carbocycles. The van der Waals surface area contributed by atoms with Crippen LogP contribution >= 0.6 is 34.8 Å². The molecule has 0 saturated heterocycles. The average molecular weight is 701 g/mol. The third-order valence-corrected chi connectivity index (χ3v) is 10.4. The second kappa shape index (κ2) is 15.8. The molecule has 1 N–H and O–H groups in total. The predicted octanol–water partition coefficient (Wildman–Crippen LogP) is 7.71. The number of carbonyl (C=O) groups excluding carboxylic acids is 2. The van der Waals surface area contributed by atoms with Crippen molar-refractivity contribution in [3.8, 4) is 0 Å². The average Bonchev–Trinajstić information content (AvgIpc) is 3.05. The van der Waals surface area contributed by atoms with Gasteiger partial charge in [0.1, 0.15) is 12.6 Å². The Morgan fingerprint density at radius 3 is 2.11 bits per heavy atom. The van der Waals surface area contributed by atoms with Gasteiger partial charge in [-0.25, -0.2) is 8.42 Å². The molecule has 0 heterocycles. The number of hydrogen-bond donors (Lipinski definition) is 1. The van der Waals surface area contributed by atoms with Crippen molar-refractivity contribution in [1.82, 2.24) is 10.2 Å². The molecular formula is C35H36Cl3N3O4S. The molecule has 2 amide bonds. The summed E-state index contributed by atoms with van der Waals surface area (Å²) in [5.74, 6) is -0.951.